The zero-order valence-electron chi connectivity index (χ0n) is 14.3. The molecule has 7 rings (SSSR count). The van der Waals surface area contributed by atoms with Crippen molar-refractivity contribution in [2.24, 2.45) is 11.8 Å². The Morgan fingerprint density at radius 2 is 2.21 bits per heavy atom. The third-order valence-corrected chi connectivity index (χ3v) is 6.45. The summed E-state index contributed by atoms with van der Waals surface area (Å²) in [5, 5.41) is 1.16. The Hall–Kier alpha value is -1.65. The van der Waals surface area contributed by atoms with Gasteiger partial charge in [0.2, 0.25) is 0 Å². The van der Waals surface area contributed by atoms with E-state index in [-0.39, 0.29) is 6.10 Å². The standard InChI is InChI=1S/C20H24N2O2/c1-12-17-11-22-8-6-13(17)9-19(22)20(24-12)15-5-7-21-18-4-3-14(23-2)10-16(15)18/h3-5,7,10,12-13,17,19-20H,6,8-9,11H2,1-2H3/t12-,13-,17+,19+,20-/m0/s1. The van der Waals surface area contributed by atoms with Crippen LogP contribution in [0.1, 0.15) is 31.4 Å². The molecule has 1 unspecified atom stereocenters. The number of piperidine rings is 3. The summed E-state index contributed by atoms with van der Waals surface area (Å²) in [6.45, 7) is 4.70. The van der Waals surface area contributed by atoms with Crippen LogP contribution in [0.4, 0.5) is 0 Å². The minimum atomic E-state index is 0.132. The van der Waals surface area contributed by atoms with Gasteiger partial charge >= 0.3 is 0 Å². The van der Waals surface area contributed by atoms with Crippen LogP contribution in [0.3, 0.4) is 0 Å². The summed E-state index contributed by atoms with van der Waals surface area (Å²) in [6.07, 6.45) is 4.99. The van der Waals surface area contributed by atoms with Crippen LogP contribution in [0, 0.1) is 11.8 Å². The lowest BCUT2D eigenvalue weighted by Crippen LogP contribution is -2.54. The summed E-state index contributed by atoms with van der Waals surface area (Å²) < 4.78 is 12.1. The predicted molar refractivity (Wildman–Crippen MR) is 93.2 cm³/mol. The summed E-state index contributed by atoms with van der Waals surface area (Å²) in [5.74, 6) is 2.41. The molecular formula is C20H24N2O2. The fourth-order valence-electron chi connectivity index (χ4n) is 5.18. The number of hydrogen-bond donors (Lipinski definition) is 0. The second-order valence-corrected chi connectivity index (χ2v) is 7.56. The van der Waals surface area contributed by atoms with E-state index in [9.17, 15) is 0 Å². The lowest BCUT2D eigenvalue weighted by molar-refractivity contribution is -0.0213. The molecule has 0 saturated carbocycles. The van der Waals surface area contributed by atoms with E-state index in [4.69, 9.17) is 9.47 Å². The number of hydrogen-bond acceptors (Lipinski definition) is 4. The molecule has 5 aliphatic rings. The molecule has 6 heterocycles. The maximum Gasteiger partial charge on any atom is 0.119 e. The number of nitrogens with zero attached hydrogens (tertiary/aromatic N) is 2. The lowest BCUT2D eigenvalue weighted by Gasteiger charge is -2.48. The first-order chi connectivity index (χ1) is 11.7. The van der Waals surface area contributed by atoms with Gasteiger partial charge in [-0.25, -0.2) is 0 Å². The topological polar surface area (TPSA) is 34.6 Å². The maximum atomic E-state index is 6.64. The average molecular weight is 324 g/mol. The quantitative estimate of drug-likeness (QED) is 0.848. The van der Waals surface area contributed by atoms with E-state index in [0.29, 0.717) is 18.1 Å². The molecular weight excluding hydrogens is 300 g/mol. The monoisotopic (exact) mass is 324 g/mol. The number of methoxy groups -OCH3 is 1. The zero-order valence-corrected chi connectivity index (χ0v) is 14.3. The molecule has 0 amide bonds. The molecule has 4 bridgehead atoms. The Bertz CT molecular complexity index is 777. The summed E-state index contributed by atoms with van der Waals surface area (Å²) >= 11 is 0. The van der Waals surface area contributed by atoms with E-state index in [1.165, 1.54) is 31.5 Å². The Balaban J connectivity index is 1.64. The highest BCUT2D eigenvalue weighted by Crippen LogP contribution is 2.48. The van der Waals surface area contributed by atoms with Gasteiger partial charge < -0.3 is 9.47 Å². The third kappa shape index (κ3) is 2.09. The molecule has 5 fully saturated rings. The molecule has 0 N–H and O–H groups in total. The maximum absolute atomic E-state index is 6.64. The SMILES string of the molecule is COc1ccc2nccc([C@@H]3O[C@@H](C)[C@H]4CN5CC[C@H]4C[C@H]35)c2c1. The molecule has 126 valence electrons. The number of rotatable bonds is 2. The molecule has 0 radical (unpaired) electrons. The first-order valence-electron chi connectivity index (χ1n) is 9.07. The Morgan fingerprint density at radius 3 is 3.00 bits per heavy atom. The molecule has 2 aromatic rings. The van der Waals surface area contributed by atoms with Crippen molar-refractivity contribution < 1.29 is 9.47 Å². The van der Waals surface area contributed by atoms with Crippen LogP contribution in [0.15, 0.2) is 30.5 Å². The van der Waals surface area contributed by atoms with Crippen molar-refractivity contribution >= 4 is 10.9 Å². The number of pyridine rings is 1. The molecule has 1 aromatic carbocycles. The summed E-state index contributed by atoms with van der Waals surface area (Å²) in [5.41, 5.74) is 2.28. The van der Waals surface area contributed by atoms with Crippen molar-refractivity contribution in [2.45, 2.75) is 38.0 Å². The fourth-order valence-corrected chi connectivity index (χ4v) is 5.18. The average Bonchev–Trinajstić information content (AvgIpc) is 2.84. The molecule has 5 saturated heterocycles. The highest BCUT2D eigenvalue weighted by atomic mass is 16.5. The zero-order chi connectivity index (χ0) is 16.3. The minimum Gasteiger partial charge on any atom is -0.497 e. The van der Waals surface area contributed by atoms with Gasteiger partial charge in [0.25, 0.3) is 0 Å². The number of benzene rings is 1. The van der Waals surface area contributed by atoms with Gasteiger partial charge in [-0.05, 0) is 62.1 Å². The largest absolute Gasteiger partial charge is 0.497 e. The van der Waals surface area contributed by atoms with Crippen molar-refractivity contribution in [1.29, 1.82) is 0 Å². The van der Waals surface area contributed by atoms with Gasteiger partial charge in [0, 0.05) is 30.1 Å². The second-order valence-electron chi connectivity index (χ2n) is 7.56. The van der Waals surface area contributed by atoms with E-state index >= 15 is 0 Å². The van der Waals surface area contributed by atoms with Crippen molar-refractivity contribution in [3.05, 3.63) is 36.0 Å². The van der Waals surface area contributed by atoms with Gasteiger partial charge in [-0.1, -0.05) is 0 Å². The molecule has 0 aliphatic carbocycles. The van der Waals surface area contributed by atoms with E-state index in [1.54, 1.807) is 7.11 Å². The molecule has 4 heteroatoms. The molecule has 0 spiro atoms. The Kier molecular flexibility index (Phi) is 3.32. The summed E-state index contributed by atoms with van der Waals surface area (Å²) in [6, 6.07) is 8.78. The van der Waals surface area contributed by atoms with Gasteiger partial charge in [-0.2, -0.15) is 0 Å². The Morgan fingerprint density at radius 1 is 1.29 bits per heavy atom. The second kappa shape index (κ2) is 5.43. The molecule has 4 nitrogen and oxygen atoms in total. The van der Waals surface area contributed by atoms with Gasteiger partial charge in [-0.3, -0.25) is 9.88 Å². The van der Waals surface area contributed by atoms with E-state index < -0.39 is 0 Å². The normalized spacial score (nSPS) is 37.6. The molecule has 5 aliphatic heterocycles. The van der Waals surface area contributed by atoms with Crippen LogP contribution in [-0.4, -0.2) is 42.2 Å². The van der Waals surface area contributed by atoms with Gasteiger partial charge in [0.1, 0.15) is 5.75 Å². The smallest absolute Gasteiger partial charge is 0.119 e. The van der Waals surface area contributed by atoms with Crippen molar-refractivity contribution in [3.63, 3.8) is 0 Å². The predicted octanol–water partition coefficient (Wildman–Crippen LogP) is 3.41. The van der Waals surface area contributed by atoms with Gasteiger partial charge in [0.05, 0.1) is 24.8 Å². The van der Waals surface area contributed by atoms with E-state index in [0.717, 1.165) is 22.6 Å². The Labute approximate surface area is 142 Å². The van der Waals surface area contributed by atoms with Gasteiger partial charge in [0.15, 0.2) is 0 Å². The first-order valence-corrected chi connectivity index (χ1v) is 9.07. The lowest BCUT2D eigenvalue weighted by atomic mass is 9.73. The van der Waals surface area contributed by atoms with Crippen LogP contribution in [-0.2, 0) is 4.74 Å². The van der Waals surface area contributed by atoms with Crippen LogP contribution in [0.5, 0.6) is 5.75 Å². The highest BCUT2D eigenvalue weighted by molar-refractivity contribution is 5.84. The van der Waals surface area contributed by atoms with Crippen molar-refractivity contribution in [2.75, 3.05) is 20.2 Å². The van der Waals surface area contributed by atoms with Crippen LogP contribution < -0.4 is 4.74 Å². The van der Waals surface area contributed by atoms with Crippen molar-refractivity contribution in [1.82, 2.24) is 9.88 Å². The molecule has 6 atom stereocenters. The van der Waals surface area contributed by atoms with Crippen molar-refractivity contribution in [3.8, 4) is 5.75 Å². The third-order valence-electron chi connectivity index (χ3n) is 6.45. The van der Waals surface area contributed by atoms with Crippen LogP contribution in [0.25, 0.3) is 10.9 Å². The van der Waals surface area contributed by atoms with Crippen LogP contribution in [0.2, 0.25) is 0 Å². The summed E-state index contributed by atoms with van der Waals surface area (Å²) in [4.78, 5) is 7.21. The first kappa shape index (κ1) is 14.7. The van der Waals surface area contributed by atoms with E-state index in [2.05, 4.69) is 28.9 Å². The molecule has 24 heavy (non-hydrogen) atoms. The highest BCUT2D eigenvalue weighted by Gasteiger charge is 2.50. The summed E-state index contributed by atoms with van der Waals surface area (Å²) in [7, 11) is 1.72. The number of fused-ring (bicyclic) bond motifs is 4. The fraction of sp³-hybridized carbons (Fsp3) is 0.550. The number of ether oxygens (including phenoxy) is 2. The molecule has 1 aromatic heterocycles. The van der Waals surface area contributed by atoms with E-state index in [1.807, 2.05) is 18.3 Å². The van der Waals surface area contributed by atoms with Crippen LogP contribution >= 0.6 is 0 Å². The van der Waals surface area contributed by atoms with Gasteiger partial charge in [-0.15, -0.1) is 0 Å². The number of aromatic nitrogens is 1. The minimum absolute atomic E-state index is 0.132.